The fraction of sp³-hybridized carbons (Fsp3) is 0.385. The third-order valence-electron chi connectivity index (χ3n) is 5.86. The molecule has 4 rings (SSSR count). The lowest BCUT2D eigenvalue weighted by Crippen LogP contribution is -2.55. The summed E-state index contributed by atoms with van der Waals surface area (Å²) in [5, 5.41) is 4.19. The van der Waals surface area contributed by atoms with Crippen LogP contribution in [0.4, 0.5) is 19.3 Å². The van der Waals surface area contributed by atoms with E-state index in [1.54, 1.807) is 46.2 Å². The Bertz CT molecular complexity index is 1230. The topological polar surface area (TPSA) is 63.7 Å². The molecule has 0 radical (unpaired) electrons. The van der Waals surface area contributed by atoms with Gasteiger partial charge in [-0.3, -0.25) is 4.98 Å². The maximum atomic E-state index is 14.1. The molecule has 1 saturated heterocycles. The number of halogens is 3. The number of hydrogen-bond acceptors (Lipinski definition) is 5. The molecule has 0 aliphatic carbocycles. The minimum absolute atomic E-state index is 0.266. The molecule has 2 unspecified atom stereocenters. The van der Waals surface area contributed by atoms with Gasteiger partial charge in [0.15, 0.2) is 0 Å². The molecular formula is C26H28ClF2N3O3. The highest BCUT2D eigenvalue weighted by molar-refractivity contribution is 6.31. The number of pyridine rings is 1. The van der Waals surface area contributed by atoms with Gasteiger partial charge in [0, 0.05) is 48.4 Å². The molecule has 1 aliphatic heterocycles. The Morgan fingerprint density at radius 2 is 1.89 bits per heavy atom. The number of nitrogens with one attached hydrogen (secondary N) is 1. The number of alkyl carbamates (subject to hydrolysis) is 1. The van der Waals surface area contributed by atoms with Crippen LogP contribution in [0.15, 0.2) is 42.6 Å². The van der Waals surface area contributed by atoms with Gasteiger partial charge in [0.05, 0.1) is 23.3 Å². The van der Waals surface area contributed by atoms with Gasteiger partial charge in [-0.1, -0.05) is 11.6 Å². The SMILES string of the molecule is COC1CN(c2c(-c3cc(F)cc(F)c3)cnc3ccc(Cl)cc23)CCC1NC(=O)OC(C)(C)C. The highest BCUT2D eigenvalue weighted by atomic mass is 35.5. The summed E-state index contributed by atoms with van der Waals surface area (Å²) >= 11 is 6.32. The standard InChI is InChI=1S/C26H28ClF2N3O3/c1-26(2,3)35-25(33)31-22-7-8-32(14-23(22)34-4)24-19-11-16(27)5-6-21(19)30-13-20(24)15-9-17(28)12-18(29)10-15/h5-6,9-13,22-23H,7-8,14H2,1-4H3,(H,31,33). The number of rotatable bonds is 4. The summed E-state index contributed by atoms with van der Waals surface area (Å²) in [6, 6.07) is 8.49. The van der Waals surface area contributed by atoms with Gasteiger partial charge < -0.3 is 19.7 Å². The van der Waals surface area contributed by atoms with Gasteiger partial charge in [-0.15, -0.1) is 0 Å². The molecule has 1 aromatic heterocycles. The molecule has 9 heteroatoms. The quantitative estimate of drug-likeness (QED) is 0.476. The van der Waals surface area contributed by atoms with Gasteiger partial charge in [-0.2, -0.15) is 0 Å². The maximum Gasteiger partial charge on any atom is 0.407 e. The molecule has 186 valence electrons. The summed E-state index contributed by atoms with van der Waals surface area (Å²) in [7, 11) is 1.59. The smallest absolute Gasteiger partial charge is 0.407 e. The summed E-state index contributed by atoms with van der Waals surface area (Å²) in [4.78, 5) is 18.9. The zero-order valence-corrected chi connectivity index (χ0v) is 20.8. The minimum atomic E-state index is -0.674. The van der Waals surface area contributed by atoms with Crippen molar-refractivity contribution in [3.63, 3.8) is 0 Å². The average Bonchev–Trinajstić information content (AvgIpc) is 2.76. The highest BCUT2D eigenvalue weighted by Gasteiger charge is 2.33. The second-order valence-corrected chi connectivity index (χ2v) is 10.0. The second-order valence-electron chi connectivity index (χ2n) is 9.60. The zero-order chi connectivity index (χ0) is 25.3. The van der Waals surface area contributed by atoms with E-state index in [1.807, 2.05) is 6.07 Å². The lowest BCUT2D eigenvalue weighted by atomic mass is 9.96. The molecule has 3 aromatic rings. The molecule has 1 aliphatic rings. The Labute approximate surface area is 208 Å². The van der Waals surface area contributed by atoms with Crippen molar-refractivity contribution in [1.29, 1.82) is 0 Å². The number of ether oxygens (including phenoxy) is 2. The summed E-state index contributed by atoms with van der Waals surface area (Å²) in [6.45, 7) is 6.39. The zero-order valence-electron chi connectivity index (χ0n) is 20.1. The van der Waals surface area contributed by atoms with Gasteiger partial charge in [0.2, 0.25) is 0 Å². The lowest BCUT2D eigenvalue weighted by molar-refractivity contribution is 0.0298. The highest BCUT2D eigenvalue weighted by Crippen LogP contribution is 2.39. The van der Waals surface area contributed by atoms with E-state index in [4.69, 9.17) is 21.1 Å². The predicted molar refractivity (Wildman–Crippen MR) is 133 cm³/mol. The van der Waals surface area contributed by atoms with Crippen molar-refractivity contribution in [2.24, 2.45) is 0 Å². The van der Waals surface area contributed by atoms with Crippen LogP contribution < -0.4 is 10.2 Å². The molecule has 2 atom stereocenters. The molecule has 2 heterocycles. The lowest BCUT2D eigenvalue weighted by Gasteiger charge is -2.40. The summed E-state index contributed by atoms with van der Waals surface area (Å²) in [5.74, 6) is -1.35. The first-order valence-electron chi connectivity index (χ1n) is 11.4. The summed E-state index contributed by atoms with van der Waals surface area (Å²) in [6.07, 6.45) is 1.33. The first-order valence-corrected chi connectivity index (χ1v) is 11.7. The summed E-state index contributed by atoms with van der Waals surface area (Å²) in [5.41, 5.74) is 1.78. The van der Waals surface area contributed by atoms with E-state index in [2.05, 4.69) is 15.2 Å². The van der Waals surface area contributed by atoms with Crippen molar-refractivity contribution in [2.75, 3.05) is 25.1 Å². The Morgan fingerprint density at radius 1 is 1.17 bits per heavy atom. The molecular weight excluding hydrogens is 476 g/mol. The van der Waals surface area contributed by atoms with Crippen molar-refractivity contribution in [2.45, 2.75) is 44.9 Å². The largest absolute Gasteiger partial charge is 0.444 e. The summed E-state index contributed by atoms with van der Waals surface area (Å²) < 4.78 is 39.3. The molecule has 0 spiro atoms. The van der Waals surface area contributed by atoms with E-state index >= 15 is 0 Å². The van der Waals surface area contributed by atoms with Crippen molar-refractivity contribution in [1.82, 2.24) is 10.3 Å². The van der Waals surface area contributed by atoms with Gasteiger partial charge in [0.25, 0.3) is 0 Å². The van der Waals surface area contributed by atoms with Crippen LogP contribution in [0.5, 0.6) is 0 Å². The van der Waals surface area contributed by atoms with Gasteiger partial charge in [-0.05, 0) is 63.1 Å². The van der Waals surface area contributed by atoms with Gasteiger partial charge >= 0.3 is 6.09 Å². The maximum absolute atomic E-state index is 14.1. The number of aromatic nitrogens is 1. The number of carbonyl (C=O) groups is 1. The van der Waals surface area contributed by atoms with Crippen LogP contribution in [-0.2, 0) is 9.47 Å². The number of methoxy groups -OCH3 is 1. The Kier molecular flexibility index (Phi) is 7.15. The molecule has 1 N–H and O–H groups in total. The fourth-order valence-electron chi connectivity index (χ4n) is 4.39. The third kappa shape index (κ3) is 5.82. The van der Waals surface area contributed by atoms with E-state index < -0.39 is 23.3 Å². The van der Waals surface area contributed by atoms with E-state index in [0.717, 1.165) is 17.1 Å². The Hall–Kier alpha value is -2.97. The van der Waals surface area contributed by atoms with Crippen LogP contribution in [0.2, 0.25) is 5.02 Å². The van der Waals surface area contributed by atoms with Crippen molar-refractivity contribution in [3.05, 3.63) is 59.3 Å². The van der Waals surface area contributed by atoms with Crippen molar-refractivity contribution >= 4 is 34.3 Å². The number of anilines is 1. The average molecular weight is 504 g/mol. The first-order chi connectivity index (χ1) is 16.5. The number of fused-ring (bicyclic) bond motifs is 1. The molecule has 1 amide bonds. The van der Waals surface area contributed by atoms with Crippen LogP contribution in [-0.4, -0.2) is 49.0 Å². The van der Waals surface area contributed by atoms with Crippen molar-refractivity contribution < 1.29 is 23.0 Å². The van der Waals surface area contributed by atoms with Crippen LogP contribution in [0.1, 0.15) is 27.2 Å². The number of benzene rings is 2. The minimum Gasteiger partial charge on any atom is -0.444 e. The number of nitrogens with zero attached hydrogens (tertiary/aromatic N) is 2. The molecule has 0 bridgehead atoms. The first kappa shape index (κ1) is 25.1. The third-order valence-corrected chi connectivity index (χ3v) is 6.09. The molecule has 6 nitrogen and oxygen atoms in total. The number of hydrogen-bond donors (Lipinski definition) is 1. The number of carbonyl (C=O) groups excluding carboxylic acids is 1. The van der Waals surface area contributed by atoms with Crippen LogP contribution in [0.3, 0.4) is 0 Å². The fourth-order valence-corrected chi connectivity index (χ4v) is 4.57. The van der Waals surface area contributed by atoms with Crippen LogP contribution in [0, 0.1) is 11.6 Å². The van der Waals surface area contributed by atoms with E-state index in [-0.39, 0.29) is 12.1 Å². The van der Waals surface area contributed by atoms with E-state index in [9.17, 15) is 13.6 Å². The van der Waals surface area contributed by atoms with E-state index in [0.29, 0.717) is 41.2 Å². The van der Waals surface area contributed by atoms with Crippen molar-refractivity contribution in [3.8, 4) is 11.1 Å². The monoisotopic (exact) mass is 503 g/mol. The second kappa shape index (κ2) is 9.95. The van der Waals surface area contributed by atoms with Gasteiger partial charge in [-0.25, -0.2) is 13.6 Å². The molecule has 2 aromatic carbocycles. The molecule has 35 heavy (non-hydrogen) atoms. The Balaban J connectivity index is 1.72. The number of amides is 1. The predicted octanol–water partition coefficient (Wildman–Crippen LogP) is 5.95. The van der Waals surface area contributed by atoms with E-state index in [1.165, 1.54) is 12.1 Å². The Morgan fingerprint density at radius 3 is 2.54 bits per heavy atom. The van der Waals surface area contributed by atoms with Gasteiger partial charge in [0.1, 0.15) is 17.2 Å². The molecule has 0 saturated carbocycles. The normalized spacial score (nSPS) is 18.5. The number of piperidine rings is 1. The van der Waals surface area contributed by atoms with Crippen LogP contribution in [0.25, 0.3) is 22.0 Å². The van der Waals surface area contributed by atoms with Crippen LogP contribution >= 0.6 is 11.6 Å². The molecule has 1 fully saturated rings.